The van der Waals surface area contributed by atoms with Crippen molar-refractivity contribution >= 4 is 59.1 Å². The number of phenols is 1. The van der Waals surface area contributed by atoms with E-state index >= 15 is 0 Å². The van der Waals surface area contributed by atoms with Gasteiger partial charge in [-0.1, -0.05) is 48.5 Å². The third-order valence-corrected chi connectivity index (χ3v) is 12.2. The lowest BCUT2D eigenvalue weighted by Gasteiger charge is -2.43. The number of rotatable bonds is 16. The topological polar surface area (TPSA) is 345 Å². The lowest BCUT2D eigenvalue weighted by atomic mass is 9.95. The van der Waals surface area contributed by atoms with Crippen molar-refractivity contribution in [3.8, 4) is 5.75 Å². The molecule has 2 aromatic rings. The summed E-state index contributed by atoms with van der Waals surface area (Å²) in [7, 11) is 1.31. The van der Waals surface area contributed by atoms with E-state index in [4.69, 9.17) is 10.5 Å². The number of fused-ring (bicyclic) bond motifs is 2. The molecule has 2 aliphatic heterocycles. The quantitative estimate of drug-likeness (QED) is 0.0632. The van der Waals surface area contributed by atoms with Crippen molar-refractivity contribution in [1.29, 1.82) is 0 Å². The van der Waals surface area contributed by atoms with Crippen LogP contribution in [0.5, 0.6) is 5.75 Å². The minimum absolute atomic E-state index is 0.0801. The maximum Gasteiger partial charge on any atom is 0.328 e. The number of esters is 1. The van der Waals surface area contributed by atoms with Gasteiger partial charge in [0.2, 0.25) is 53.2 Å². The minimum Gasteiger partial charge on any atom is -0.508 e. The molecule has 386 valence electrons. The van der Waals surface area contributed by atoms with E-state index in [1.807, 2.05) is 0 Å². The molecule has 2 saturated heterocycles. The lowest BCUT2D eigenvalue weighted by Crippen LogP contribution is -2.65. The lowest BCUT2D eigenvalue weighted by molar-refractivity contribution is -0.165. The summed E-state index contributed by atoms with van der Waals surface area (Å²) in [6.45, 7) is 4.96. The number of piperidine rings is 1. The molecule has 4 rings (SSSR count). The number of nitrogens with one attached hydrogen (secondary N) is 6. The van der Waals surface area contributed by atoms with Gasteiger partial charge in [-0.15, -0.1) is 0 Å². The van der Waals surface area contributed by atoms with E-state index in [2.05, 4.69) is 31.9 Å². The number of primary amides is 1. The Labute approximate surface area is 410 Å². The number of cyclic esters (lactones) is 1. The molecule has 2 aliphatic rings. The van der Waals surface area contributed by atoms with Crippen molar-refractivity contribution in [2.75, 3.05) is 20.2 Å². The van der Waals surface area contributed by atoms with Gasteiger partial charge in [0, 0.05) is 44.8 Å². The van der Waals surface area contributed by atoms with E-state index in [1.165, 1.54) is 58.2 Å². The minimum atomic E-state index is -1.89. The van der Waals surface area contributed by atoms with Crippen LogP contribution in [-0.2, 0) is 65.5 Å². The summed E-state index contributed by atoms with van der Waals surface area (Å²) in [5, 5.41) is 45.7. The van der Waals surface area contributed by atoms with Crippen molar-refractivity contribution < 1.29 is 68.0 Å². The molecule has 71 heavy (non-hydrogen) atoms. The number of hydrogen-bond acceptors (Lipinski definition) is 14. The Bertz CT molecular complexity index is 2300. The van der Waals surface area contributed by atoms with Gasteiger partial charge >= 0.3 is 5.97 Å². The number of aromatic hydroxyl groups is 1. The Morgan fingerprint density at radius 2 is 1.51 bits per heavy atom. The highest BCUT2D eigenvalue weighted by atomic mass is 16.5. The van der Waals surface area contributed by atoms with E-state index in [0.29, 0.717) is 11.1 Å². The number of carbonyl (C=O) groups is 10. The van der Waals surface area contributed by atoms with Crippen molar-refractivity contribution in [2.24, 2.45) is 5.73 Å². The summed E-state index contributed by atoms with van der Waals surface area (Å²) in [6.07, 6.45) is -3.95. The Morgan fingerprint density at radius 1 is 0.859 bits per heavy atom. The Hall–Kier alpha value is -7.40. The molecule has 2 heterocycles. The van der Waals surface area contributed by atoms with E-state index in [0.717, 1.165) is 9.80 Å². The van der Waals surface area contributed by atoms with Gasteiger partial charge in [0.1, 0.15) is 60.4 Å². The highest BCUT2D eigenvalue weighted by Gasteiger charge is 2.45. The number of benzene rings is 2. The van der Waals surface area contributed by atoms with Crippen LogP contribution in [-0.4, -0.2) is 159 Å². The molecule has 0 saturated carbocycles. The van der Waals surface area contributed by atoms with Crippen LogP contribution >= 0.6 is 0 Å². The number of amides is 9. The highest BCUT2D eigenvalue weighted by Crippen LogP contribution is 2.25. The van der Waals surface area contributed by atoms with E-state index < -0.39 is 133 Å². The second-order valence-electron chi connectivity index (χ2n) is 17.4. The first-order valence-corrected chi connectivity index (χ1v) is 23.3. The molecule has 9 atom stereocenters. The first-order valence-electron chi connectivity index (χ1n) is 23.3. The Balaban J connectivity index is 1.86. The fourth-order valence-electron chi connectivity index (χ4n) is 7.88. The van der Waals surface area contributed by atoms with E-state index in [9.17, 15) is 63.3 Å². The molecule has 23 nitrogen and oxygen atoms in total. The molecular weight excluding hydrogens is 927 g/mol. The van der Waals surface area contributed by atoms with Gasteiger partial charge in [0.15, 0.2) is 0 Å². The van der Waals surface area contributed by atoms with Gasteiger partial charge in [-0.05, 0) is 76.6 Å². The van der Waals surface area contributed by atoms with Gasteiger partial charge in [-0.25, -0.2) is 4.79 Å². The average Bonchev–Trinajstić information content (AvgIpc) is 3.34. The first kappa shape index (κ1) is 56.2. The van der Waals surface area contributed by atoms with Crippen molar-refractivity contribution in [3.63, 3.8) is 0 Å². The Morgan fingerprint density at radius 3 is 2.14 bits per heavy atom. The van der Waals surface area contributed by atoms with Crippen molar-refractivity contribution in [1.82, 2.24) is 41.7 Å². The number of allylic oxidation sites excluding steroid dienone is 1. The molecule has 2 aromatic carbocycles. The molecule has 9 amide bonds. The molecule has 2 fully saturated rings. The summed E-state index contributed by atoms with van der Waals surface area (Å²) < 4.78 is 5.68. The maximum atomic E-state index is 14.9. The molecule has 0 spiro atoms. The number of likely N-dealkylation sites (N-methyl/N-ethyl adjacent to an activating group) is 1. The number of phenolic OH excluding ortho intramolecular Hbond substituents is 1. The second-order valence-corrected chi connectivity index (χ2v) is 17.4. The second kappa shape index (κ2) is 26.5. The predicted molar refractivity (Wildman–Crippen MR) is 252 cm³/mol. The fraction of sp³-hybridized carbons (Fsp3) is 0.500. The Kier molecular flexibility index (Phi) is 21.0. The number of carbonyl (C=O) groups excluding carboxylic acids is 10. The van der Waals surface area contributed by atoms with Crippen molar-refractivity contribution in [2.45, 2.75) is 134 Å². The van der Waals surface area contributed by atoms with Crippen LogP contribution in [0.1, 0.15) is 77.3 Å². The highest BCUT2D eigenvalue weighted by molar-refractivity contribution is 6.00. The number of aliphatic hydroxyl groups is 2. The molecule has 0 radical (unpaired) electrons. The predicted octanol–water partition coefficient (Wildman–Crippen LogP) is -2.18. The summed E-state index contributed by atoms with van der Waals surface area (Å²) >= 11 is 0. The zero-order valence-corrected chi connectivity index (χ0v) is 40.3. The van der Waals surface area contributed by atoms with Gasteiger partial charge in [0.25, 0.3) is 0 Å². The third kappa shape index (κ3) is 16.1. The van der Waals surface area contributed by atoms with Crippen LogP contribution in [0.15, 0.2) is 66.2 Å². The zero-order valence-electron chi connectivity index (χ0n) is 40.3. The average molecular weight is 992 g/mol. The van der Waals surface area contributed by atoms with Crippen LogP contribution < -0.4 is 37.6 Å². The number of nitrogens with zero attached hydrogens (tertiary/aromatic N) is 2. The molecular formula is C48H65N9O14. The zero-order chi connectivity index (χ0) is 52.5. The van der Waals surface area contributed by atoms with Crippen LogP contribution in [0.4, 0.5) is 0 Å². The van der Waals surface area contributed by atoms with Gasteiger partial charge in [-0.2, -0.15) is 0 Å². The SMILES string of the molecule is CC=C(C)C(=O)NC(CCC(N)=O)C(=O)NC1C(=O)NC(CCC(=O)NCCO)C(=O)NC2CCC(O)N(C2=O)C(Cc2ccccc2)C(=O)N(C)C(Cc2ccc(O)cc2)C(=O)NC(C)C(=O)OC1C. The van der Waals surface area contributed by atoms with Crippen LogP contribution in [0.25, 0.3) is 0 Å². The van der Waals surface area contributed by atoms with Crippen LogP contribution in [0, 0.1) is 0 Å². The number of hydrogen-bond donors (Lipinski definition) is 10. The van der Waals surface area contributed by atoms with Gasteiger partial charge in [-0.3, -0.25) is 43.2 Å². The maximum absolute atomic E-state index is 14.9. The van der Waals surface area contributed by atoms with E-state index in [-0.39, 0.29) is 56.4 Å². The molecule has 23 heteroatoms. The number of aliphatic hydroxyl groups excluding tert-OH is 2. The number of nitrogens with two attached hydrogens (primary N) is 1. The third-order valence-electron chi connectivity index (χ3n) is 12.2. The van der Waals surface area contributed by atoms with Gasteiger partial charge in [0.05, 0.1) is 6.61 Å². The standard InChI is InChI=1S/C48H65N9O14/c1-6-26(2)41(63)52-32(16-19-37(49)60)43(65)55-40-28(4)71-48(70)27(3)51-44(66)35(24-30-12-14-31(59)15-13-30)56(5)47(69)36(25-29-10-8-7-9-11-29)57-39(62)21-18-34(46(57)68)54-42(64)33(53-45(40)67)17-20-38(61)50-22-23-58/h6-15,27-28,32-36,39-40,58-59,62H,16-25H2,1-5H3,(H2,49,60)(H,50,61)(H,51,66)(H,52,63)(H,53,67)(H,54,64)(H,55,65). The molecule has 11 N–H and O–H groups in total. The smallest absolute Gasteiger partial charge is 0.328 e. The van der Waals surface area contributed by atoms with Crippen LogP contribution in [0.3, 0.4) is 0 Å². The molecule has 0 aliphatic carbocycles. The molecule has 2 bridgehead atoms. The first-order chi connectivity index (χ1) is 33.6. The normalized spacial score (nSPS) is 24.4. The summed E-state index contributed by atoms with van der Waals surface area (Å²) in [4.78, 5) is 140. The molecule has 9 unspecified atom stereocenters. The number of ether oxygens (including phenoxy) is 1. The molecule has 0 aromatic heterocycles. The monoisotopic (exact) mass is 991 g/mol. The van der Waals surface area contributed by atoms with Crippen molar-refractivity contribution in [3.05, 3.63) is 77.4 Å². The van der Waals surface area contributed by atoms with Gasteiger partial charge < -0.3 is 67.5 Å². The summed E-state index contributed by atoms with van der Waals surface area (Å²) in [5.74, 6) is -9.17. The summed E-state index contributed by atoms with van der Waals surface area (Å²) in [6, 6.07) is 3.42. The van der Waals surface area contributed by atoms with E-state index in [1.54, 1.807) is 37.3 Å². The largest absolute Gasteiger partial charge is 0.508 e. The van der Waals surface area contributed by atoms with Crippen LogP contribution in [0.2, 0.25) is 0 Å². The summed E-state index contributed by atoms with van der Waals surface area (Å²) in [5.41, 5.74) is 6.59. The fourth-order valence-corrected chi connectivity index (χ4v) is 7.88.